The maximum Gasteiger partial charge on any atom is 0.261 e. The Balaban J connectivity index is 1.59. The van der Waals surface area contributed by atoms with Gasteiger partial charge in [-0.3, -0.25) is 19.3 Å². The van der Waals surface area contributed by atoms with Gasteiger partial charge in [-0.15, -0.1) is 0 Å². The first-order valence-corrected chi connectivity index (χ1v) is 9.55. The zero-order valence-electron chi connectivity index (χ0n) is 16.0. The molecule has 0 saturated carbocycles. The van der Waals surface area contributed by atoms with Gasteiger partial charge in [0.05, 0.1) is 30.3 Å². The molecule has 1 N–H and O–H groups in total. The number of hydrogen-bond acceptors (Lipinski definition) is 4. The molecule has 0 aliphatic carbocycles. The molecule has 0 bridgehead atoms. The molecule has 0 spiro atoms. The normalized spacial score (nSPS) is 12.7. The average Bonchev–Trinajstić information content (AvgIpc) is 3.00. The lowest BCUT2D eigenvalue weighted by Gasteiger charge is -2.16. The second-order valence-electron chi connectivity index (χ2n) is 6.74. The lowest BCUT2D eigenvalue weighted by atomic mass is 10.1. The van der Waals surface area contributed by atoms with Crippen molar-refractivity contribution in [2.45, 2.75) is 6.54 Å². The number of methoxy groups -OCH3 is 1. The van der Waals surface area contributed by atoms with Crippen LogP contribution in [0.5, 0.6) is 5.75 Å². The highest BCUT2D eigenvalue weighted by Crippen LogP contribution is 2.27. The number of benzene rings is 3. The average molecular weight is 421 g/mol. The zero-order valence-corrected chi connectivity index (χ0v) is 16.8. The van der Waals surface area contributed by atoms with E-state index in [0.717, 1.165) is 0 Å². The number of nitrogens with one attached hydrogen (secondary N) is 1. The van der Waals surface area contributed by atoms with Crippen molar-refractivity contribution in [3.05, 3.63) is 94.0 Å². The standard InChI is InChI=1S/C23H17ClN2O4/c1-30-20-11-6-14(12-19(20)21(27)25-16-9-7-15(24)8-10-16)13-26-22(28)17-4-2-3-5-18(17)23(26)29/h2-12H,13H2,1H3,(H,25,27). The third-order valence-corrected chi connectivity index (χ3v) is 5.08. The number of carbonyl (C=O) groups is 3. The number of nitrogens with zero attached hydrogens (tertiary/aromatic N) is 1. The molecule has 0 unspecified atom stereocenters. The van der Waals surface area contributed by atoms with Crippen molar-refractivity contribution in [3.63, 3.8) is 0 Å². The predicted molar refractivity (Wildman–Crippen MR) is 113 cm³/mol. The maximum absolute atomic E-state index is 12.8. The smallest absolute Gasteiger partial charge is 0.261 e. The molecule has 3 amide bonds. The molecule has 7 heteroatoms. The van der Waals surface area contributed by atoms with E-state index in [-0.39, 0.29) is 24.3 Å². The molecule has 1 aliphatic rings. The minimum absolute atomic E-state index is 0.0531. The van der Waals surface area contributed by atoms with Crippen molar-refractivity contribution in [3.8, 4) is 5.75 Å². The number of carbonyl (C=O) groups excluding carboxylic acids is 3. The summed E-state index contributed by atoms with van der Waals surface area (Å²) in [5, 5.41) is 3.35. The number of anilines is 1. The van der Waals surface area contributed by atoms with Gasteiger partial charge in [0.15, 0.2) is 0 Å². The first-order valence-electron chi connectivity index (χ1n) is 9.17. The van der Waals surface area contributed by atoms with Gasteiger partial charge in [-0.2, -0.15) is 0 Å². The molecule has 4 rings (SSSR count). The Morgan fingerprint density at radius 3 is 2.20 bits per heavy atom. The van der Waals surface area contributed by atoms with Crippen molar-refractivity contribution in [2.75, 3.05) is 12.4 Å². The maximum atomic E-state index is 12.8. The van der Waals surface area contributed by atoms with Crippen LogP contribution in [0.4, 0.5) is 5.69 Å². The molecule has 30 heavy (non-hydrogen) atoms. The summed E-state index contributed by atoms with van der Waals surface area (Å²) in [4.78, 5) is 39.2. The number of fused-ring (bicyclic) bond motifs is 1. The molecule has 0 radical (unpaired) electrons. The Bertz CT molecular complexity index is 1120. The van der Waals surface area contributed by atoms with Crippen molar-refractivity contribution in [1.82, 2.24) is 4.90 Å². The van der Waals surface area contributed by atoms with Crippen LogP contribution >= 0.6 is 11.6 Å². The van der Waals surface area contributed by atoms with Crippen LogP contribution in [-0.2, 0) is 6.54 Å². The van der Waals surface area contributed by atoms with Gasteiger partial charge in [0.1, 0.15) is 5.75 Å². The first-order chi connectivity index (χ1) is 14.5. The summed E-state index contributed by atoms with van der Waals surface area (Å²) in [6.45, 7) is 0.0531. The summed E-state index contributed by atoms with van der Waals surface area (Å²) in [5.41, 5.74) is 2.28. The van der Waals surface area contributed by atoms with Crippen molar-refractivity contribution >= 4 is 35.0 Å². The number of hydrogen-bond donors (Lipinski definition) is 1. The molecule has 1 heterocycles. The molecule has 0 atom stereocenters. The van der Waals surface area contributed by atoms with E-state index >= 15 is 0 Å². The van der Waals surface area contributed by atoms with Gasteiger partial charge < -0.3 is 10.1 Å². The van der Waals surface area contributed by atoms with E-state index in [1.807, 2.05) is 0 Å². The number of halogens is 1. The summed E-state index contributed by atoms with van der Waals surface area (Å²) < 4.78 is 5.31. The Morgan fingerprint density at radius 1 is 0.967 bits per heavy atom. The van der Waals surface area contributed by atoms with E-state index in [1.165, 1.54) is 12.0 Å². The first kappa shape index (κ1) is 19.7. The quantitative estimate of drug-likeness (QED) is 0.621. The van der Waals surface area contributed by atoms with Crippen LogP contribution in [0.25, 0.3) is 0 Å². The highest BCUT2D eigenvalue weighted by atomic mass is 35.5. The Hall–Kier alpha value is -3.64. The second-order valence-corrected chi connectivity index (χ2v) is 7.17. The van der Waals surface area contributed by atoms with Crippen molar-refractivity contribution in [2.24, 2.45) is 0 Å². The molecule has 150 valence electrons. The molecule has 1 aliphatic heterocycles. The van der Waals surface area contributed by atoms with Crippen molar-refractivity contribution < 1.29 is 19.1 Å². The van der Waals surface area contributed by atoms with Crippen LogP contribution in [0.1, 0.15) is 36.6 Å². The van der Waals surface area contributed by atoms with E-state index < -0.39 is 0 Å². The lowest BCUT2D eigenvalue weighted by molar-refractivity contribution is 0.0642. The minimum atomic E-state index is -0.376. The molecule has 3 aromatic carbocycles. The van der Waals surface area contributed by atoms with Crippen LogP contribution in [0, 0.1) is 0 Å². The molecule has 0 fully saturated rings. The van der Waals surface area contributed by atoms with Crippen LogP contribution in [-0.4, -0.2) is 29.7 Å². The number of rotatable bonds is 5. The number of amides is 3. The Labute approximate surface area is 178 Å². The summed E-state index contributed by atoms with van der Waals surface area (Å²) in [6, 6.07) is 18.4. The van der Waals surface area contributed by atoms with Gasteiger partial charge in [-0.05, 0) is 54.1 Å². The fourth-order valence-electron chi connectivity index (χ4n) is 3.33. The van der Waals surface area contributed by atoms with Gasteiger partial charge in [0.25, 0.3) is 17.7 Å². The van der Waals surface area contributed by atoms with E-state index in [9.17, 15) is 14.4 Å². The number of imide groups is 1. The molecule has 0 saturated heterocycles. The summed E-state index contributed by atoms with van der Waals surface area (Å²) in [6.07, 6.45) is 0. The minimum Gasteiger partial charge on any atom is -0.496 e. The predicted octanol–water partition coefficient (Wildman–Crippen LogP) is 4.40. The molecular weight excluding hydrogens is 404 g/mol. The largest absolute Gasteiger partial charge is 0.496 e. The summed E-state index contributed by atoms with van der Waals surface area (Å²) in [7, 11) is 1.47. The highest BCUT2D eigenvalue weighted by molar-refractivity contribution is 6.30. The van der Waals surface area contributed by atoms with E-state index in [1.54, 1.807) is 66.7 Å². The number of ether oxygens (including phenoxy) is 1. The molecule has 0 aromatic heterocycles. The van der Waals surface area contributed by atoms with Crippen molar-refractivity contribution in [1.29, 1.82) is 0 Å². The third kappa shape index (κ3) is 3.65. The lowest BCUT2D eigenvalue weighted by Crippen LogP contribution is -2.29. The molecule has 3 aromatic rings. The SMILES string of the molecule is COc1ccc(CN2C(=O)c3ccccc3C2=O)cc1C(=O)Nc1ccc(Cl)cc1. The van der Waals surface area contributed by atoms with E-state index in [0.29, 0.717) is 38.7 Å². The molecular formula is C23H17ClN2O4. The fraction of sp³-hybridized carbons (Fsp3) is 0.0870. The monoisotopic (exact) mass is 420 g/mol. The second kappa shape index (κ2) is 8.00. The summed E-state index contributed by atoms with van der Waals surface area (Å²) >= 11 is 5.88. The van der Waals surface area contributed by atoms with Gasteiger partial charge in [-0.25, -0.2) is 0 Å². The van der Waals surface area contributed by atoms with Crippen LogP contribution in [0.15, 0.2) is 66.7 Å². The van der Waals surface area contributed by atoms with Gasteiger partial charge in [-0.1, -0.05) is 29.8 Å². The fourth-order valence-corrected chi connectivity index (χ4v) is 3.45. The van der Waals surface area contributed by atoms with Crippen LogP contribution < -0.4 is 10.1 Å². The Kier molecular flexibility index (Phi) is 5.25. The van der Waals surface area contributed by atoms with Gasteiger partial charge >= 0.3 is 0 Å². The summed E-state index contributed by atoms with van der Waals surface area (Å²) in [5.74, 6) is -0.692. The van der Waals surface area contributed by atoms with E-state index in [4.69, 9.17) is 16.3 Å². The molecule has 6 nitrogen and oxygen atoms in total. The topological polar surface area (TPSA) is 75.7 Å². The van der Waals surface area contributed by atoms with Crippen LogP contribution in [0.3, 0.4) is 0 Å². The zero-order chi connectivity index (χ0) is 21.3. The third-order valence-electron chi connectivity index (χ3n) is 4.83. The van der Waals surface area contributed by atoms with Gasteiger partial charge in [0.2, 0.25) is 0 Å². The highest BCUT2D eigenvalue weighted by Gasteiger charge is 2.35. The Morgan fingerprint density at radius 2 is 1.60 bits per heavy atom. The van der Waals surface area contributed by atoms with E-state index in [2.05, 4.69) is 5.32 Å². The van der Waals surface area contributed by atoms with Gasteiger partial charge in [0, 0.05) is 10.7 Å². The van der Waals surface area contributed by atoms with Crippen LogP contribution in [0.2, 0.25) is 5.02 Å².